The lowest BCUT2D eigenvalue weighted by molar-refractivity contribution is -0.113. The Labute approximate surface area is 170 Å². The van der Waals surface area contributed by atoms with Crippen molar-refractivity contribution < 1.29 is 9.59 Å². The molecule has 0 aliphatic carbocycles. The Balaban J connectivity index is 1.57. The molecule has 0 fully saturated rings. The molecule has 8 nitrogen and oxygen atoms in total. The van der Waals surface area contributed by atoms with Gasteiger partial charge in [-0.1, -0.05) is 30.0 Å². The SMILES string of the molecule is Cc1cnc(NC(=O)CSc2nnc([C@H](C)NC(=O)c3ccccc3)n2C)s1. The molecule has 0 radical (unpaired) electrons. The molecule has 0 aliphatic heterocycles. The zero-order valence-corrected chi connectivity index (χ0v) is 17.3. The lowest BCUT2D eigenvalue weighted by Gasteiger charge is -2.13. The van der Waals surface area contributed by atoms with E-state index in [4.69, 9.17) is 0 Å². The molecule has 0 bridgehead atoms. The number of thiazole rings is 1. The zero-order valence-electron chi connectivity index (χ0n) is 15.7. The number of aromatic nitrogens is 4. The van der Waals surface area contributed by atoms with Gasteiger partial charge in [-0.25, -0.2) is 4.98 Å². The fourth-order valence-corrected chi connectivity index (χ4v) is 3.86. The van der Waals surface area contributed by atoms with Crippen LogP contribution in [0.3, 0.4) is 0 Å². The first-order valence-corrected chi connectivity index (χ1v) is 10.3. The maximum Gasteiger partial charge on any atom is 0.251 e. The van der Waals surface area contributed by atoms with Gasteiger partial charge in [0.25, 0.3) is 5.91 Å². The van der Waals surface area contributed by atoms with Crippen LogP contribution in [0.25, 0.3) is 0 Å². The molecular formula is C18H20N6O2S2. The number of thioether (sulfide) groups is 1. The van der Waals surface area contributed by atoms with Crippen LogP contribution in [0, 0.1) is 6.92 Å². The van der Waals surface area contributed by atoms with Crippen molar-refractivity contribution in [2.75, 3.05) is 11.1 Å². The minimum Gasteiger partial charge on any atom is -0.342 e. The molecule has 0 unspecified atom stereocenters. The van der Waals surface area contributed by atoms with E-state index < -0.39 is 0 Å². The Morgan fingerprint density at radius 3 is 2.68 bits per heavy atom. The first kappa shape index (κ1) is 20.0. The van der Waals surface area contributed by atoms with Gasteiger partial charge in [0.15, 0.2) is 16.1 Å². The third kappa shape index (κ3) is 4.96. The van der Waals surface area contributed by atoms with Crippen molar-refractivity contribution in [1.29, 1.82) is 0 Å². The number of aryl methyl sites for hydroxylation is 1. The lowest BCUT2D eigenvalue weighted by atomic mass is 10.2. The molecule has 3 rings (SSSR count). The number of nitrogens with zero attached hydrogens (tertiary/aromatic N) is 4. The van der Waals surface area contributed by atoms with E-state index in [1.165, 1.54) is 23.1 Å². The molecule has 2 aromatic heterocycles. The smallest absolute Gasteiger partial charge is 0.251 e. The fourth-order valence-electron chi connectivity index (χ4n) is 2.46. The van der Waals surface area contributed by atoms with Gasteiger partial charge in [0.1, 0.15) is 0 Å². The van der Waals surface area contributed by atoms with Crippen LogP contribution in [0.2, 0.25) is 0 Å². The number of carbonyl (C=O) groups excluding carboxylic acids is 2. The van der Waals surface area contributed by atoms with Gasteiger partial charge in [-0.05, 0) is 26.0 Å². The predicted molar refractivity (Wildman–Crippen MR) is 110 cm³/mol. The van der Waals surface area contributed by atoms with Gasteiger partial charge < -0.3 is 15.2 Å². The number of carbonyl (C=O) groups is 2. The van der Waals surface area contributed by atoms with E-state index in [9.17, 15) is 9.59 Å². The van der Waals surface area contributed by atoms with Gasteiger partial charge in [-0.15, -0.1) is 21.5 Å². The van der Waals surface area contributed by atoms with E-state index in [2.05, 4.69) is 25.8 Å². The molecule has 2 heterocycles. The molecule has 0 spiro atoms. The van der Waals surface area contributed by atoms with E-state index in [1.807, 2.05) is 39.1 Å². The average molecular weight is 417 g/mol. The van der Waals surface area contributed by atoms with Crippen LogP contribution in [-0.4, -0.2) is 37.3 Å². The maximum absolute atomic E-state index is 12.3. The zero-order chi connectivity index (χ0) is 20.1. The summed E-state index contributed by atoms with van der Waals surface area (Å²) < 4.78 is 1.78. The number of amides is 2. The largest absolute Gasteiger partial charge is 0.342 e. The Kier molecular flexibility index (Phi) is 6.42. The van der Waals surface area contributed by atoms with Gasteiger partial charge >= 0.3 is 0 Å². The minimum absolute atomic E-state index is 0.158. The van der Waals surface area contributed by atoms with E-state index in [0.717, 1.165) is 4.88 Å². The van der Waals surface area contributed by atoms with Crippen LogP contribution in [0.5, 0.6) is 0 Å². The summed E-state index contributed by atoms with van der Waals surface area (Å²) in [5.41, 5.74) is 0.584. The summed E-state index contributed by atoms with van der Waals surface area (Å²) in [5.74, 6) is 0.468. The lowest BCUT2D eigenvalue weighted by Crippen LogP contribution is -2.28. The molecule has 0 saturated carbocycles. The van der Waals surface area contributed by atoms with Crippen LogP contribution in [0.1, 0.15) is 34.0 Å². The summed E-state index contributed by atoms with van der Waals surface area (Å²) in [6.07, 6.45) is 1.72. The monoisotopic (exact) mass is 416 g/mol. The van der Waals surface area contributed by atoms with Gasteiger partial charge in [0.2, 0.25) is 5.91 Å². The molecule has 28 heavy (non-hydrogen) atoms. The topological polar surface area (TPSA) is 102 Å². The Morgan fingerprint density at radius 2 is 2.00 bits per heavy atom. The molecule has 0 saturated heterocycles. The van der Waals surface area contributed by atoms with Gasteiger partial charge in [-0.2, -0.15) is 0 Å². The Morgan fingerprint density at radius 1 is 1.25 bits per heavy atom. The minimum atomic E-state index is -0.327. The van der Waals surface area contributed by atoms with Crippen molar-refractivity contribution in [2.45, 2.75) is 25.0 Å². The molecule has 3 aromatic rings. The number of hydrogen-bond donors (Lipinski definition) is 2. The second-order valence-corrected chi connectivity index (χ2v) is 8.25. The highest BCUT2D eigenvalue weighted by atomic mass is 32.2. The van der Waals surface area contributed by atoms with Crippen molar-refractivity contribution in [2.24, 2.45) is 7.05 Å². The molecule has 146 valence electrons. The third-order valence-electron chi connectivity index (χ3n) is 3.84. The predicted octanol–water partition coefficient (Wildman–Crippen LogP) is 2.80. The average Bonchev–Trinajstić information content (AvgIpc) is 3.26. The van der Waals surface area contributed by atoms with Crippen LogP contribution >= 0.6 is 23.1 Å². The second-order valence-electron chi connectivity index (χ2n) is 6.07. The first-order chi connectivity index (χ1) is 13.4. The second kappa shape index (κ2) is 8.98. The van der Waals surface area contributed by atoms with Crippen LogP contribution in [0.15, 0.2) is 41.7 Å². The molecule has 2 N–H and O–H groups in total. The van der Waals surface area contributed by atoms with Crippen molar-refractivity contribution >= 4 is 40.0 Å². The normalized spacial score (nSPS) is 11.8. The summed E-state index contributed by atoms with van der Waals surface area (Å²) in [7, 11) is 1.81. The highest BCUT2D eigenvalue weighted by Crippen LogP contribution is 2.21. The van der Waals surface area contributed by atoms with Crippen LogP contribution in [0.4, 0.5) is 5.13 Å². The highest BCUT2D eigenvalue weighted by molar-refractivity contribution is 7.99. The standard InChI is InChI=1S/C18H20N6O2S2/c1-11-9-19-17(28-11)21-14(25)10-27-18-23-22-15(24(18)3)12(2)20-16(26)13-7-5-4-6-8-13/h4-9,12H,10H2,1-3H3,(H,20,26)(H,19,21,25)/t12-/m0/s1. The molecular weight excluding hydrogens is 396 g/mol. The summed E-state index contributed by atoms with van der Waals surface area (Å²) in [6, 6.07) is 8.67. The highest BCUT2D eigenvalue weighted by Gasteiger charge is 2.19. The van der Waals surface area contributed by atoms with Crippen molar-refractivity contribution in [3.05, 3.63) is 52.8 Å². The molecule has 1 aromatic carbocycles. The van der Waals surface area contributed by atoms with Crippen LogP contribution in [-0.2, 0) is 11.8 Å². The molecule has 10 heteroatoms. The van der Waals surface area contributed by atoms with E-state index in [-0.39, 0.29) is 23.6 Å². The summed E-state index contributed by atoms with van der Waals surface area (Å²) in [5, 5.41) is 15.1. The summed E-state index contributed by atoms with van der Waals surface area (Å²) >= 11 is 2.70. The Hall–Kier alpha value is -2.72. The summed E-state index contributed by atoms with van der Waals surface area (Å²) in [4.78, 5) is 29.5. The van der Waals surface area contributed by atoms with Crippen molar-refractivity contribution in [1.82, 2.24) is 25.1 Å². The molecule has 1 atom stereocenters. The maximum atomic E-state index is 12.3. The van der Waals surface area contributed by atoms with E-state index in [1.54, 1.807) is 22.9 Å². The number of rotatable bonds is 7. The summed E-state index contributed by atoms with van der Waals surface area (Å²) in [6.45, 7) is 3.78. The first-order valence-electron chi connectivity index (χ1n) is 8.54. The van der Waals surface area contributed by atoms with Crippen LogP contribution < -0.4 is 10.6 Å². The van der Waals surface area contributed by atoms with E-state index in [0.29, 0.717) is 21.7 Å². The fraction of sp³-hybridized carbons (Fsp3) is 0.278. The molecule has 2 amide bonds. The van der Waals surface area contributed by atoms with E-state index >= 15 is 0 Å². The Bertz CT molecular complexity index is 970. The van der Waals surface area contributed by atoms with Gasteiger partial charge in [-0.3, -0.25) is 9.59 Å². The van der Waals surface area contributed by atoms with Crippen molar-refractivity contribution in [3.8, 4) is 0 Å². The van der Waals surface area contributed by atoms with Gasteiger partial charge in [0, 0.05) is 23.7 Å². The van der Waals surface area contributed by atoms with Crippen molar-refractivity contribution in [3.63, 3.8) is 0 Å². The van der Waals surface area contributed by atoms with Gasteiger partial charge in [0.05, 0.1) is 11.8 Å². The number of hydrogen-bond acceptors (Lipinski definition) is 7. The quantitative estimate of drug-likeness (QED) is 0.574. The number of nitrogens with one attached hydrogen (secondary N) is 2. The number of benzene rings is 1. The number of anilines is 1. The third-order valence-corrected chi connectivity index (χ3v) is 5.69. The molecule has 0 aliphatic rings.